The Morgan fingerprint density at radius 3 is 2.62 bits per heavy atom. The van der Waals surface area contributed by atoms with Gasteiger partial charge in [0.1, 0.15) is 5.75 Å². The van der Waals surface area contributed by atoms with E-state index in [9.17, 15) is 4.79 Å². The van der Waals surface area contributed by atoms with Gasteiger partial charge in [-0.15, -0.1) is 0 Å². The molecule has 0 bridgehead atoms. The zero-order valence-electron chi connectivity index (χ0n) is 12.0. The van der Waals surface area contributed by atoms with Gasteiger partial charge < -0.3 is 10.1 Å². The minimum absolute atomic E-state index is 0.0483. The van der Waals surface area contributed by atoms with Gasteiger partial charge in [0, 0.05) is 18.0 Å². The lowest BCUT2D eigenvalue weighted by molar-refractivity contribution is 0.0935. The molecule has 0 aliphatic rings. The van der Waals surface area contributed by atoms with E-state index in [1.807, 2.05) is 25.1 Å². The summed E-state index contributed by atoms with van der Waals surface area (Å²) in [4.78, 5) is 16.1. The molecule has 2 rings (SSSR count). The molecule has 5 heteroatoms. The SMILES string of the molecule is CC[C@H](NC(=O)c1ccncc1)c1ccc(OC)c(Br)c1. The Morgan fingerprint density at radius 2 is 2.05 bits per heavy atom. The minimum atomic E-state index is -0.101. The molecule has 0 fully saturated rings. The van der Waals surface area contributed by atoms with Gasteiger partial charge in [-0.1, -0.05) is 13.0 Å². The topological polar surface area (TPSA) is 51.2 Å². The number of nitrogens with one attached hydrogen (secondary N) is 1. The van der Waals surface area contributed by atoms with E-state index in [4.69, 9.17) is 4.74 Å². The van der Waals surface area contributed by atoms with Gasteiger partial charge in [-0.2, -0.15) is 0 Å². The van der Waals surface area contributed by atoms with E-state index in [0.29, 0.717) is 5.56 Å². The molecule has 0 spiro atoms. The molecule has 1 heterocycles. The summed E-state index contributed by atoms with van der Waals surface area (Å²) in [6.07, 6.45) is 4.02. The maximum Gasteiger partial charge on any atom is 0.251 e. The molecule has 1 amide bonds. The smallest absolute Gasteiger partial charge is 0.251 e. The molecule has 1 aromatic heterocycles. The number of carbonyl (C=O) groups excluding carboxylic acids is 1. The van der Waals surface area contributed by atoms with E-state index in [-0.39, 0.29) is 11.9 Å². The van der Waals surface area contributed by atoms with Crippen molar-refractivity contribution in [2.75, 3.05) is 7.11 Å². The van der Waals surface area contributed by atoms with Gasteiger partial charge in [0.15, 0.2) is 0 Å². The van der Waals surface area contributed by atoms with Crippen molar-refractivity contribution in [3.05, 3.63) is 58.3 Å². The summed E-state index contributed by atoms with van der Waals surface area (Å²) >= 11 is 3.47. The minimum Gasteiger partial charge on any atom is -0.496 e. The van der Waals surface area contributed by atoms with Crippen LogP contribution in [0.2, 0.25) is 0 Å². The van der Waals surface area contributed by atoms with E-state index >= 15 is 0 Å². The number of nitrogens with zero attached hydrogens (tertiary/aromatic N) is 1. The highest BCUT2D eigenvalue weighted by Gasteiger charge is 2.15. The Hall–Kier alpha value is -1.88. The normalized spacial score (nSPS) is 11.8. The lowest BCUT2D eigenvalue weighted by atomic mass is 10.0. The maximum absolute atomic E-state index is 12.2. The zero-order valence-corrected chi connectivity index (χ0v) is 13.6. The third-order valence-corrected chi connectivity index (χ3v) is 3.85. The molecule has 0 aliphatic heterocycles. The molecule has 1 aromatic carbocycles. The summed E-state index contributed by atoms with van der Waals surface area (Å²) in [5.41, 5.74) is 1.64. The Balaban J connectivity index is 2.16. The van der Waals surface area contributed by atoms with Crippen LogP contribution in [0.5, 0.6) is 5.75 Å². The average molecular weight is 349 g/mol. The van der Waals surface area contributed by atoms with Gasteiger partial charge in [0.05, 0.1) is 17.6 Å². The fourth-order valence-corrected chi connectivity index (χ4v) is 2.62. The second-order valence-corrected chi connectivity index (χ2v) is 5.42. The van der Waals surface area contributed by atoms with Crippen molar-refractivity contribution < 1.29 is 9.53 Å². The molecular formula is C16H17BrN2O2. The van der Waals surface area contributed by atoms with Crippen LogP contribution in [0.4, 0.5) is 0 Å². The van der Waals surface area contributed by atoms with E-state index in [0.717, 1.165) is 22.2 Å². The maximum atomic E-state index is 12.2. The number of hydrogen-bond donors (Lipinski definition) is 1. The van der Waals surface area contributed by atoms with Crippen LogP contribution >= 0.6 is 15.9 Å². The number of rotatable bonds is 5. The van der Waals surface area contributed by atoms with Crippen LogP contribution in [-0.2, 0) is 0 Å². The number of pyridine rings is 1. The monoisotopic (exact) mass is 348 g/mol. The number of hydrogen-bond acceptors (Lipinski definition) is 3. The molecule has 0 aliphatic carbocycles. The van der Waals surface area contributed by atoms with Crippen LogP contribution in [-0.4, -0.2) is 18.0 Å². The summed E-state index contributed by atoms with van der Waals surface area (Å²) in [5.74, 6) is 0.672. The number of carbonyl (C=O) groups is 1. The Kier molecular flexibility index (Phi) is 5.33. The molecule has 21 heavy (non-hydrogen) atoms. The molecular weight excluding hydrogens is 332 g/mol. The third-order valence-electron chi connectivity index (χ3n) is 3.23. The number of methoxy groups -OCH3 is 1. The van der Waals surface area contributed by atoms with Crippen LogP contribution in [0.25, 0.3) is 0 Å². The van der Waals surface area contributed by atoms with E-state index in [1.165, 1.54) is 0 Å². The second kappa shape index (κ2) is 7.22. The molecule has 1 N–H and O–H groups in total. The number of amides is 1. The molecule has 1 atom stereocenters. The number of ether oxygens (including phenoxy) is 1. The van der Waals surface area contributed by atoms with Gasteiger partial charge in [0.25, 0.3) is 5.91 Å². The number of aromatic nitrogens is 1. The Bertz CT molecular complexity index is 617. The number of halogens is 1. The van der Waals surface area contributed by atoms with Crippen LogP contribution in [0, 0.1) is 0 Å². The van der Waals surface area contributed by atoms with Gasteiger partial charge in [0.2, 0.25) is 0 Å². The first-order valence-corrected chi connectivity index (χ1v) is 7.49. The summed E-state index contributed by atoms with van der Waals surface area (Å²) < 4.78 is 6.10. The first kappa shape index (κ1) is 15.5. The fourth-order valence-electron chi connectivity index (χ4n) is 2.07. The highest BCUT2D eigenvalue weighted by molar-refractivity contribution is 9.10. The van der Waals surface area contributed by atoms with Crippen molar-refractivity contribution in [2.45, 2.75) is 19.4 Å². The first-order chi connectivity index (χ1) is 10.2. The van der Waals surface area contributed by atoms with Crippen molar-refractivity contribution in [2.24, 2.45) is 0 Å². The van der Waals surface area contributed by atoms with Crippen molar-refractivity contribution in [1.82, 2.24) is 10.3 Å². The average Bonchev–Trinajstić information content (AvgIpc) is 2.53. The van der Waals surface area contributed by atoms with Crippen LogP contribution in [0.15, 0.2) is 47.2 Å². The summed E-state index contributed by atoms with van der Waals surface area (Å²) in [6.45, 7) is 2.04. The second-order valence-electron chi connectivity index (χ2n) is 4.56. The predicted octanol–water partition coefficient (Wildman–Crippen LogP) is 3.73. The van der Waals surface area contributed by atoms with E-state index in [2.05, 4.69) is 26.2 Å². The molecule has 110 valence electrons. The lowest BCUT2D eigenvalue weighted by Gasteiger charge is -2.18. The largest absolute Gasteiger partial charge is 0.496 e. The van der Waals surface area contributed by atoms with E-state index < -0.39 is 0 Å². The van der Waals surface area contributed by atoms with Crippen molar-refractivity contribution >= 4 is 21.8 Å². The third kappa shape index (κ3) is 3.82. The highest BCUT2D eigenvalue weighted by atomic mass is 79.9. The molecule has 4 nitrogen and oxygen atoms in total. The van der Waals surface area contributed by atoms with Gasteiger partial charge >= 0.3 is 0 Å². The molecule has 0 unspecified atom stereocenters. The quantitative estimate of drug-likeness (QED) is 0.895. The zero-order chi connectivity index (χ0) is 15.2. The molecule has 0 saturated carbocycles. The summed E-state index contributed by atoms with van der Waals surface area (Å²) in [6, 6.07) is 9.18. The number of benzene rings is 1. The summed E-state index contributed by atoms with van der Waals surface area (Å²) in [5, 5.41) is 3.04. The first-order valence-electron chi connectivity index (χ1n) is 6.70. The fraction of sp³-hybridized carbons (Fsp3) is 0.250. The van der Waals surface area contributed by atoms with Crippen LogP contribution in [0.1, 0.15) is 35.3 Å². The van der Waals surface area contributed by atoms with Crippen molar-refractivity contribution in [3.63, 3.8) is 0 Å². The predicted molar refractivity (Wildman–Crippen MR) is 85.4 cm³/mol. The van der Waals surface area contributed by atoms with Crippen LogP contribution in [0.3, 0.4) is 0 Å². The lowest BCUT2D eigenvalue weighted by Crippen LogP contribution is -2.28. The molecule has 0 radical (unpaired) electrons. The Morgan fingerprint density at radius 1 is 1.33 bits per heavy atom. The highest BCUT2D eigenvalue weighted by Crippen LogP contribution is 2.29. The summed E-state index contributed by atoms with van der Waals surface area (Å²) in [7, 11) is 1.63. The van der Waals surface area contributed by atoms with Gasteiger partial charge in [-0.3, -0.25) is 9.78 Å². The van der Waals surface area contributed by atoms with Crippen molar-refractivity contribution in [3.8, 4) is 5.75 Å². The van der Waals surface area contributed by atoms with Gasteiger partial charge in [-0.05, 0) is 52.2 Å². The van der Waals surface area contributed by atoms with Crippen LogP contribution < -0.4 is 10.1 Å². The molecule has 2 aromatic rings. The van der Waals surface area contributed by atoms with E-state index in [1.54, 1.807) is 31.6 Å². The van der Waals surface area contributed by atoms with Crippen molar-refractivity contribution in [1.29, 1.82) is 0 Å². The standard InChI is InChI=1S/C16H17BrN2O2/c1-3-14(12-4-5-15(21-2)13(17)10-12)19-16(20)11-6-8-18-9-7-11/h4-10,14H,3H2,1-2H3,(H,19,20)/t14-/m0/s1. The van der Waals surface area contributed by atoms with Gasteiger partial charge in [-0.25, -0.2) is 0 Å². The Labute approximate surface area is 132 Å². The molecule has 0 saturated heterocycles.